The van der Waals surface area contributed by atoms with Gasteiger partial charge in [0.1, 0.15) is 17.6 Å². The van der Waals surface area contributed by atoms with Crippen LogP contribution in [0.15, 0.2) is 18.2 Å². The Morgan fingerprint density at radius 2 is 1.87 bits per heavy atom. The van der Waals surface area contributed by atoms with E-state index < -0.39 is 35.7 Å². The maximum Gasteiger partial charge on any atom is 0.318 e. The lowest BCUT2D eigenvalue weighted by atomic mass is 10.0. The lowest BCUT2D eigenvalue weighted by Gasteiger charge is -2.17. The third kappa shape index (κ3) is 4.97. The molecular weight excluding hydrogens is 312 g/mol. The van der Waals surface area contributed by atoms with E-state index in [9.17, 15) is 18.4 Å². The second-order valence-electron chi connectivity index (χ2n) is 4.98. The first-order chi connectivity index (χ1) is 11.0. The van der Waals surface area contributed by atoms with E-state index in [0.29, 0.717) is 13.2 Å². The minimum atomic E-state index is -1.12. The van der Waals surface area contributed by atoms with Crippen LogP contribution in [0.1, 0.15) is 12.0 Å². The van der Waals surface area contributed by atoms with Crippen molar-refractivity contribution in [2.75, 3.05) is 20.3 Å². The number of amides is 1. The molecule has 1 aliphatic heterocycles. The summed E-state index contributed by atoms with van der Waals surface area (Å²) >= 11 is 0. The Kier molecular flexibility index (Phi) is 6.00. The largest absolute Gasteiger partial charge is 0.468 e. The summed E-state index contributed by atoms with van der Waals surface area (Å²) in [6.07, 6.45) is -0.646. The Hall–Kier alpha value is -2.06. The number of ether oxygens (including phenoxy) is 3. The first-order valence-electron chi connectivity index (χ1n) is 7.03. The standard InChI is InChI=1S/C15H17F2NO5/c1-21-15(20)12(7-13-22-2-3-23-13)14(19)18-8-9-4-10(16)6-11(17)5-9/h4-6,12-13H,2-3,7-8H2,1H3,(H,18,19). The molecule has 1 N–H and O–H groups in total. The van der Waals surface area contributed by atoms with E-state index >= 15 is 0 Å². The Morgan fingerprint density at radius 1 is 1.26 bits per heavy atom. The lowest BCUT2D eigenvalue weighted by molar-refractivity contribution is -0.154. The molecule has 126 valence electrons. The predicted octanol–water partition coefficient (Wildman–Crippen LogP) is 1.13. The molecule has 0 aromatic heterocycles. The van der Waals surface area contributed by atoms with Gasteiger partial charge in [-0.15, -0.1) is 0 Å². The van der Waals surface area contributed by atoms with Gasteiger partial charge in [0.25, 0.3) is 0 Å². The summed E-state index contributed by atoms with van der Waals surface area (Å²) in [5.41, 5.74) is 0.243. The van der Waals surface area contributed by atoms with Crippen molar-refractivity contribution < 1.29 is 32.6 Å². The highest BCUT2D eigenvalue weighted by Gasteiger charge is 2.32. The third-order valence-corrected chi connectivity index (χ3v) is 3.31. The van der Waals surface area contributed by atoms with Crippen molar-refractivity contribution in [1.29, 1.82) is 0 Å². The highest BCUT2D eigenvalue weighted by atomic mass is 19.1. The molecule has 1 atom stereocenters. The molecule has 8 heteroatoms. The minimum absolute atomic E-state index is 0.00994. The predicted molar refractivity (Wildman–Crippen MR) is 74.0 cm³/mol. The van der Waals surface area contributed by atoms with Gasteiger partial charge in [-0.2, -0.15) is 0 Å². The van der Waals surface area contributed by atoms with Gasteiger partial charge in [-0.1, -0.05) is 0 Å². The average Bonchev–Trinajstić information content (AvgIpc) is 3.01. The first kappa shape index (κ1) is 17.3. The topological polar surface area (TPSA) is 73.9 Å². The summed E-state index contributed by atoms with van der Waals surface area (Å²) in [5, 5.41) is 2.46. The summed E-state index contributed by atoms with van der Waals surface area (Å²) in [7, 11) is 1.17. The molecule has 2 rings (SSSR count). The van der Waals surface area contributed by atoms with Crippen molar-refractivity contribution in [1.82, 2.24) is 5.32 Å². The van der Waals surface area contributed by atoms with Crippen LogP contribution in [0.2, 0.25) is 0 Å². The minimum Gasteiger partial charge on any atom is -0.468 e. The van der Waals surface area contributed by atoms with Crippen LogP contribution in [-0.2, 0) is 30.3 Å². The summed E-state index contributed by atoms with van der Waals surface area (Å²) in [5.74, 6) is -3.97. The maximum atomic E-state index is 13.1. The zero-order chi connectivity index (χ0) is 16.8. The molecule has 0 aliphatic carbocycles. The fourth-order valence-corrected chi connectivity index (χ4v) is 2.21. The molecule has 1 unspecified atom stereocenters. The summed E-state index contributed by atoms with van der Waals surface area (Å²) in [4.78, 5) is 23.9. The molecule has 6 nitrogen and oxygen atoms in total. The van der Waals surface area contributed by atoms with Crippen molar-refractivity contribution in [3.05, 3.63) is 35.4 Å². The number of methoxy groups -OCH3 is 1. The van der Waals surface area contributed by atoms with Crippen molar-refractivity contribution in [3.63, 3.8) is 0 Å². The maximum absolute atomic E-state index is 13.1. The van der Waals surface area contributed by atoms with Crippen molar-refractivity contribution in [3.8, 4) is 0 Å². The molecule has 1 aliphatic rings. The summed E-state index contributed by atoms with van der Waals surface area (Å²) < 4.78 is 41.2. The van der Waals surface area contributed by atoms with Crippen molar-refractivity contribution in [2.24, 2.45) is 5.92 Å². The SMILES string of the molecule is COC(=O)C(CC1OCCO1)C(=O)NCc1cc(F)cc(F)c1. The van der Waals surface area contributed by atoms with E-state index in [1.54, 1.807) is 0 Å². The van der Waals surface area contributed by atoms with E-state index in [-0.39, 0.29) is 18.5 Å². The second-order valence-corrected chi connectivity index (χ2v) is 4.98. The number of esters is 1. The fraction of sp³-hybridized carbons (Fsp3) is 0.467. The van der Waals surface area contributed by atoms with Gasteiger partial charge in [-0.25, -0.2) is 8.78 Å². The zero-order valence-electron chi connectivity index (χ0n) is 12.5. The number of carbonyl (C=O) groups excluding carboxylic acids is 2. The molecule has 23 heavy (non-hydrogen) atoms. The molecule has 0 radical (unpaired) electrons. The second kappa shape index (κ2) is 7.98. The Bertz CT molecular complexity index is 555. The lowest BCUT2D eigenvalue weighted by Crippen LogP contribution is -2.38. The molecule has 1 aromatic rings. The number of benzene rings is 1. The average molecular weight is 329 g/mol. The number of hydrogen-bond donors (Lipinski definition) is 1. The van der Waals surface area contributed by atoms with E-state index in [0.717, 1.165) is 18.2 Å². The Labute approximate surface area is 131 Å². The Balaban J connectivity index is 1.97. The molecule has 0 bridgehead atoms. The van der Waals surface area contributed by atoms with E-state index in [1.807, 2.05) is 0 Å². The van der Waals surface area contributed by atoms with Gasteiger partial charge in [0, 0.05) is 19.0 Å². The number of carbonyl (C=O) groups is 2. The van der Waals surface area contributed by atoms with Crippen molar-refractivity contribution >= 4 is 11.9 Å². The molecule has 1 fully saturated rings. The molecule has 1 saturated heterocycles. The van der Waals surface area contributed by atoms with Crippen molar-refractivity contribution in [2.45, 2.75) is 19.3 Å². The van der Waals surface area contributed by atoms with Crippen LogP contribution in [0, 0.1) is 17.6 Å². The fourth-order valence-electron chi connectivity index (χ4n) is 2.21. The third-order valence-electron chi connectivity index (χ3n) is 3.31. The highest BCUT2D eigenvalue weighted by molar-refractivity contribution is 5.97. The molecule has 1 aromatic carbocycles. The smallest absolute Gasteiger partial charge is 0.318 e. The van der Waals surface area contributed by atoms with Gasteiger partial charge in [0.05, 0.1) is 20.3 Å². The highest BCUT2D eigenvalue weighted by Crippen LogP contribution is 2.17. The van der Waals surface area contributed by atoms with Gasteiger partial charge in [0.15, 0.2) is 6.29 Å². The number of halogens is 2. The van der Waals surface area contributed by atoms with E-state index in [4.69, 9.17) is 9.47 Å². The van der Waals surface area contributed by atoms with Crippen LogP contribution in [0.4, 0.5) is 8.78 Å². The molecule has 1 heterocycles. The monoisotopic (exact) mass is 329 g/mol. The first-order valence-corrected chi connectivity index (χ1v) is 7.03. The van der Waals surface area contributed by atoms with Crippen LogP contribution in [0.3, 0.4) is 0 Å². The van der Waals surface area contributed by atoms with E-state index in [1.165, 1.54) is 7.11 Å². The molecular formula is C15H17F2NO5. The van der Waals surface area contributed by atoms with Gasteiger partial charge in [-0.3, -0.25) is 9.59 Å². The number of nitrogens with one attached hydrogen (secondary N) is 1. The van der Waals surface area contributed by atoms with E-state index in [2.05, 4.69) is 10.1 Å². The van der Waals surface area contributed by atoms with Crippen LogP contribution < -0.4 is 5.32 Å². The molecule has 1 amide bonds. The van der Waals surface area contributed by atoms with Crippen LogP contribution in [0.25, 0.3) is 0 Å². The number of rotatable bonds is 6. The Morgan fingerprint density at radius 3 is 2.43 bits per heavy atom. The van der Waals surface area contributed by atoms with Crippen LogP contribution in [-0.4, -0.2) is 38.5 Å². The van der Waals surface area contributed by atoms with Crippen LogP contribution in [0.5, 0.6) is 0 Å². The summed E-state index contributed by atoms with van der Waals surface area (Å²) in [6, 6.07) is 2.93. The number of hydrogen-bond acceptors (Lipinski definition) is 5. The zero-order valence-corrected chi connectivity index (χ0v) is 12.5. The van der Waals surface area contributed by atoms with Gasteiger partial charge in [0.2, 0.25) is 5.91 Å². The van der Waals surface area contributed by atoms with Crippen LogP contribution >= 0.6 is 0 Å². The van der Waals surface area contributed by atoms with Gasteiger partial charge in [-0.05, 0) is 17.7 Å². The van der Waals surface area contributed by atoms with Gasteiger partial charge >= 0.3 is 5.97 Å². The molecule has 0 spiro atoms. The normalized spacial score (nSPS) is 16.1. The van der Waals surface area contributed by atoms with Gasteiger partial charge < -0.3 is 19.5 Å². The quantitative estimate of drug-likeness (QED) is 0.626. The summed E-state index contributed by atoms with van der Waals surface area (Å²) in [6.45, 7) is 0.666. The molecule has 0 saturated carbocycles.